The van der Waals surface area contributed by atoms with E-state index in [2.05, 4.69) is 26.3 Å². The van der Waals surface area contributed by atoms with Crippen LogP contribution in [0, 0.1) is 0 Å². The molecule has 2 aromatic rings. The lowest BCUT2D eigenvalue weighted by atomic mass is 10.0. The van der Waals surface area contributed by atoms with Crippen LogP contribution < -0.4 is 32.7 Å². The summed E-state index contributed by atoms with van der Waals surface area (Å²) >= 11 is 0. The molecule has 0 aliphatic heterocycles. The van der Waals surface area contributed by atoms with Gasteiger partial charge in [0, 0.05) is 24.6 Å². The van der Waals surface area contributed by atoms with Gasteiger partial charge in [0.05, 0.1) is 19.2 Å². The number of rotatable bonds is 17. The summed E-state index contributed by atoms with van der Waals surface area (Å²) in [6, 6.07) is 11.4. The van der Waals surface area contributed by atoms with Crippen molar-refractivity contribution in [2.45, 2.75) is 63.8 Å². The average molecular weight is 668 g/mol. The Morgan fingerprint density at radius 2 is 1.52 bits per heavy atom. The number of carbonyl (C=O) groups excluding carboxylic acids is 5. The summed E-state index contributed by atoms with van der Waals surface area (Å²) in [4.78, 5) is 68.5. The van der Waals surface area contributed by atoms with E-state index in [-0.39, 0.29) is 37.5 Å². The number of guanidine groups is 1. The van der Waals surface area contributed by atoms with E-state index in [1.807, 2.05) is 0 Å². The number of alkyl carbamates (subject to hydrolysis) is 1. The average Bonchev–Trinajstić information content (AvgIpc) is 3.02. The third kappa shape index (κ3) is 14.8. The summed E-state index contributed by atoms with van der Waals surface area (Å²) in [7, 11) is 0. The molecule has 0 spiro atoms. The number of nitrogens with one attached hydrogen (secondary N) is 4. The molecule has 0 radical (unpaired) electrons. The van der Waals surface area contributed by atoms with Gasteiger partial charge < -0.3 is 47.7 Å². The standard InChI is InChI=1S/C33H45N7O8/c1-33(2,3)48-32(47)40-24(18-21-10-5-4-6-11-21)29(45)39-25(20-41)30(46)38-23(13-9-17-36-31(34)35)27(43)19-37-28(44)16-15-22-12-7-8-14-26(22)42/h4-8,10-12,14-16,23-25,41-42H,9,13,17-20H2,1-3H3,(H,37,44)(H,38,46)(H,39,45)(H,40,47)(H4,34,35,36)/b16-15-/t23-,24-,25-/m0/s1. The lowest BCUT2D eigenvalue weighted by molar-refractivity contribution is -0.133. The fourth-order valence-electron chi connectivity index (χ4n) is 4.22. The van der Waals surface area contributed by atoms with Crippen LogP contribution in [0.2, 0.25) is 0 Å². The molecule has 2 rings (SSSR count). The van der Waals surface area contributed by atoms with Gasteiger partial charge in [0.2, 0.25) is 17.7 Å². The predicted octanol–water partition coefficient (Wildman–Crippen LogP) is 0.242. The first-order valence-corrected chi connectivity index (χ1v) is 15.3. The third-order valence-electron chi connectivity index (χ3n) is 6.54. The molecule has 15 nitrogen and oxygen atoms in total. The first-order chi connectivity index (χ1) is 22.7. The third-order valence-corrected chi connectivity index (χ3v) is 6.54. The predicted molar refractivity (Wildman–Crippen MR) is 179 cm³/mol. The first kappa shape index (κ1) is 38.7. The summed E-state index contributed by atoms with van der Waals surface area (Å²) in [5, 5.41) is 29.8. The van der Waals surface area contributed by atoms with E-state index in [9.17, 15) is 34.2 Å². The van der Waals surface area contributed by atoms with E-state index >= 15 is 0 Å². The number of amides is 4. The smallest absolute Gasteiger partial charge is 0.408 e. The number of aromatic hydroxyl groups is 1. The van der Waals surface area contributed by atoms with Crippen molar-refractivity contribution in [2.75, 3.05) is 19.7 Å². The Bertz CT molecular complexity index is 1450. The second-order valence-corrected chi connectivity index (χ2v) is 11.7. The maximum absolute atomic E-state index is 13.3. The Kier molecular flexibility index (Phi) is 15.6. The number of Topliss-reactive ketones (excluding diaryl/α,β-unsaturated/α-hetero) is 1. The van der Waals surface area contributed by atoms with Crippen molar-refractivity contribution in [3.05, 3.63) is 71.8 Å². The van der Waals surface area contributed by atoms with Crippen LogP contribution in [0.3, 0.4) is 0 Å². The van der Waals surface area contributed by atoms with E-state index in [0.717, 1.165) is 6.08 Å². The summed E-state index contributed by atoms with van der Waals surface area (Å²) in [6.45, 7) is 3.85. The van der Waals surface area contributed by atoms with E-state index in [1.54, 1.807) is 69.3 Å². The number of benzene rings is 2. The zero-order valence-electron chi connectivity index (χ0n) is 27.3. The molecule has 3 atom stereocenters. The zero-order valence-corrected chi connectivity index (χ0v) is 27.3. The summed E-state index contributed by atoms with van der Waals surface area (Å²) in [5.74, 6) is -3.05. The van der Waals surface area contributed by atoms with Crippen LogP contribution in [0.1, 0.15) is 44.7 Å². The number of aliphatic hydroxyl groups excluding tert-OH is 1. The largest absolute Gasteiger partial charge is 0.507 e. The second-order valence-electron chi connectivity index (χ2n) is 11.7. The lowest BCUT2D eigenvalue weighted by Gasteiger charge is -2.26. The van der Waals surface area contributed by atoms with Gasteiger partial charge in [-0.25, -0.2) is 4.79 Å². The molecule has 15 heteroatoms. The summed E-state index contributed by atoms with van der Waals surface area (Å²) < 4.78 is 5.29. The molecular formula is C33H45N7O8. The van der Waals surface area contributed by atoms with Crippen LogP contribution in [0.5, 0.6) is 5.75 Å². The van der Waals surface area contributed by atoms with Crippen molar-refractivity contribution >= 4 is 41.6 Å². The van der Waals surface area contributed by atoms with Crippen LogP contribution in [0.4, 0.5) is 4.79 Å². The molecule has 0 aromatic heterocycles. The van der Waals surface area contributed by atoms with Gasteiger partial charge in [-0.3, -0.25) is 24.2 Å². The maximum Gasteiger partial charge on any atom is 0.408 e. The van der Waals surface area contributed by atoms with Crippen LogP contribution in [0.15, 0.2) is 65.7 Å². The molecule has 0 aliphatic rings. The van der Waals surface area contributed by atoms with Crippen molar-refractivity contribution in [1.82, 2.24) is 21.3 Å². The SMILES string of the molecule is CC(C)(C)OC(=O)N[C@@H](Cc1ccccc1)C(=O)N[C@@H](CO)C(=O)N[C@@H](CCCN=C(N)N)C(=O)CNC(=O)/C=C\c1ccccc1O. The fourth-order valence-corrected chi connectivity index (χ4v) is 4.22. The number of ether oxygens (including phenoxy) is 1. The van der Waals surface area contributed by atoms with Gasteiger partial charge in [-0.1, -0.05) is 48.5 Å². The normalized spacial score (nSPS) is 13.0. The molecule has 0 aliphatic carbocycles. The molecule has 0 fully saturated rings. The minimum Gasteiger partial charge on any atom is -0.507 e. The van der Waals surface area contributed by atoms with Crippen molar-refractivity contribution in [3.8, 4) is 5.75 Å². The van der Waals surface area contributed by atoms with Gasteiger partial charge in [0.1, 0.15) is 23.4 Å². The van der Waals surface area contributed by atoms with Gasteiger partial charge >= 0.3 is 6.09 Å². The number of nitrogens with zero attached hydrogens (tertiary/aromatic N) is 1. The molecule has 2 aromatic carbocycles. The number of hydrogen-bond acceptors (Lipinski definition) is 9. The quantitative estimate of drug-likeness (QED) is 0.0494. The van der Waals surface area contributed by atoms with E-state index in [4.69, 9.17) is 16.2 Å². The molecule has 0 saturated carbocycles. The zero-order chi connectivity index (χ0) is 35.7. The van der Waals surface area contributed by atoms with Crippen LogP contribution in [-0.2, 0) is 30.3 Å². The highest BCUT2D eigenvalue weighted by molar-refractivity contribution is 5.98. The van der Waals surface area contributed by atoms with Crippen LogP contribution in [-0.4, -0.2) is 89.2 Å². The van der Waals surface area contributed by atoms with Crippen molar-refractivity contribution in [1.29, 1.82) is 0 Å². The number of phenolic OH excluding ortho intramolecular Hbond substituents is 1. The summed E-state index contributed by atoms with van der Waals surface area (Å²) in [6.07, 6.45) is 2.05. The molecule has 4 amide bonds. The number of nitrogens with two attached hydrogens (primary N) is 2. The molecule has 260 valence electrons. The molecular weight excluding hydrogens is 622 g/mol. The molecule has 0 heterocycles. The number of ketones is 1. The van der Waals surface area contributed by atoms with Crippen LogP contribution >= 0.6 is 0 Å². The number of phenols is 1. The molecule has 10 N–H and O–H groups in total. The van der Waals surface area contributed by atoms with Crippen molar-refractivity contribution < 1.29 is 38.9 Å². The van der Waals surface area contributed by atoms with Crippen LogP contribution in [0.25, 0.3) is 6.08 Å². The highest BCUT2D eigenvalue weighted by atomic mass is 16.6. The van der Waals surface area contributed by atoms with Gasteiger partial charge in [0.15, 0.2) is 11.7 Å². The minimum atomic E-state index is -1.50. The molecule has 48 heavy (non-hydrogen) atoms. The molecule has 0 bridgehead atoms. The Balaban J connectivity index is 2.13. The molecule has 0 saturated heterocycles. The van der Waals surface area contributed by atoms with Gasteiger partial charge in [0.25, 0.3) is 0 Å². The van der Waals surface area contributed by atoms with Gasteiger partial charge in [-0.15, -0.1) is 0 Å². The number of hydrogen-bond donors (Lipinski definition) is 8. The first-order valence-electron chi connectivity index (χ1n) is 15.3. The monoisotopic (exact) mass is 667 g/mol. The van der Waals surface area contributed by atoms with Crippen molar-refractivity contribution in [2.24, 2.45) is 16.5 Å². The van der Waals surface area contributed by atoms with Gasteiger partial charge in [-0.05, 0) is 51.3 Å². The Hall–Kier alpha value is -5.44. The summed E-state index contributed by atoms with van der Waals surface area (Å²) in [5.41, 5.74) is 11.0. The number of aliphatic imine (C=N–C) groups is 1. The highest BCUT2D eigenvalue weighted by Gasteiger charge is 2.30. The molecule has 0 unspecified atom stereocenters. The second kappa shape index (κ2) is 19.3. The van der Waals surface area contributed by atoms with Crippen molar-refractivity contribution in [3.63, 3.8) is 0 Å². The number of aliphatic hydroxyl groups is 1. The Labute approximate surface area is 279 Å². The number of carbonyl (C=O) groups is 5. The Morgan fingerprint density at radius 3 is 2.15 bits per heavy atom. The number of para-hydroxylation sites is 1. The van der Waals surface area contributed by atoms with E-state index in [0.29, 0.717) is 11.1 Å². The minimum absolute atomic E-state index is 0.0290. The van der Waals surface area contributed by atoms with E-state index < -0.39 is 66.5 Å². The van der Waals surface area contributed by atoms with Gasteiger partial charge in [-0.2, -0.15) is 0 Å². The van der Waals surface area contributed by atoms with E-state index in [1.165, 1.54) is 12.1 Å². The Morgan fingerprint density at radius 1 is 0.896 bits per heavy atom. The maximum atomic E-state index is 13.3. The highest BCUT2D eigenvalue weighted by Crippen LogP contribution is 2.16. The topological polar surface area (TPSA) is 248 Å². The lowest BCUT2D eigenvalue weighted by Crippen LogP contribution is -2.58. The fraction of sp³-hybridized carbons (Fsp3) is 0.394.